The SMILES string of the molecule is CCCCCCCCCCCCCCCC(=O)N[C@@H](CSC[C@H](O)CO)C(=O)OC(C)(C)C. The van der Waals surface area contributed by atoms with Gasteiger partial charge >= 0.3 is 5.97 Å². The molecule has 0 fully saturated rings. The zero-order valence-electron chi connectivity index (χ0n) is 21.7. The summed E-state index contributed by atoms with van der Waals surface area (Å²) in [6.07, 6.45) is 15.9. The molecule has 33 heavy (non-hydrogen) atoms. The molecule has 0 spiro atoms. The zero-order chi connectivity index (χ0) is 25.0. The van der Waals surface area contributed by atoms with Gasteiger partial charge in [0.25, 0.3) is 0 Å². The Morgan fingerprint density at radius 3 is 1.79 bits per heavy atom. The normalized spacial score (nSPS) is 13.5. The van der Waals surface area contributed by atoms with Crippen molar-refractivity contribution in [3.05, 3.63) is 0 Å². The molecule has 6 nitrogen and oxygen atoms in total. The fraction of sp³-hybridized carbons (Fsp3) is 0.923. The smallest absolute Gasteiger partial charge is 0.330 e. The molecule has 0 aliphatic heterocycles. The van der Waals surface area contributed by atoms with Crippen LogP contribution < -0.4 is 5.32 Å². The number of aliphatic hydroxyl groups excluding tert-OH is 2. The van der Waals surface area contributed by atoms with Gasteiger partial charge < -0.3 is 20.3 Å². The Kier molecular flexibility index (Phi) is 20.1. The summed E-state index contributed by atoms with van der Waals surface area (Å²) in [6.45, 7) is 7.30. The second-order valence-electron chi connectivity index (χ2n) is 10.0. The third kappa shape index (κ3) is 21.5. The topological polar surface area (TPSA) is 95.9 Å². The van der Waals surface area contributed by atoms with E-state index in [0.29, 0.717) is 17.9 Å². The average molecular weight is 490 g/mol. The fourth-order valence-corrected chi connectivity index (χ4v) is 4.45. The first kappa shape index (κ1) is 32.2. The lowest BCUT2D eigenvalue weighted by Gasteiger charge is -2.24. The van der Waals surface area contributed by atoms with E-state index < -0.39 is 23.7 Å². The number of amides is 1. The van der Waals surface area contributed by atoms with Crippen LogP contribution in [0.4, 0.5) is 0 Å². The van der Waals surface area contributed by atoms with E-state index >= 15 is 0 Å². The maximum Gasteiger partial charge on any atom is 0.330 e. The van der Waals surface area contributed by atoms with Crippen LogP contribution in [-0.4, -0.2) is 57.9 Å². The highest BCUT2D eigenvalue weighted by Gasteiger charge is 2.26. The largest absolute Gasteiger partial charge is 0.458 e. The van der Waals surface area contributed by atoms with Crippen LogP contribution in [0.5, 0.6) is 0 Å². The Balaban J connectivity index is 4.00. The first-order valence-electron chi connectivity index (χ1n) is 13.1. The van der Waals surface area contributed by atoms with Crippen LogP contribution >= 0.6 is 11.8 Å². The van der Waals surface area contributed by atoms with Crippen LogP contribution in [0.3, 0.4) is 0 Å². The van der Waals surface area contributed by atoms with E-state index in [0.717, 1.165) is 19.3 Å². The van der Waals surface area contributed by atoms with Crippen molar-refractivity contribution < 1.29 is 24.5 Å². The van der Waals surface area contributed by atoms with Gasteiger partial charge in [-0.3, -0.25) is 4.79 Å². The van der Waals surface area contributed by atoms with Gasteiger partial charge in [-0.2, -0.15) is 11.8 Å². The number of nitrogens with one attached hydrogen (secondary N) is 1. The van der Waals surface area contributed by atoms with Gasteiger partial charge in [-0.15, -0.1) is 0 Å². The number of carbonyl (C=O) groups is 2. The van der Waals surface area contributed by atoms with E-state index in [1.54, 1.807) is 20.8 Å². The average Bonchev–Trinajstić information content (AvgIpc) is 2.74. The summed E-state index contributed by atoms with van der Waals surface area (Å²) in [4.78, 5) is 24.8. The molecular weight excluding hydrogens is 438 g/mol. The summed E-state index contributed by atoms with van der Waals surface area (Å²) >= 11 is 1.31. The van der Waals surface area contributed by atoms with Gasteiger partial charge in [0.1, 0.15) is 11.6 Å². The minimum atomic E-state index is -0.837. The van der Waals surface area contributed by atoms with Crippen molar-refractivity contribution in [1.82, 2.24) is 5.32 Å². The maximum atomic E-state index is 12.5. The molecule has 0 bridgehead atoms. The van der Waals surface area contributed by atoms with Crippen LogP contribution in [0.25, 0.3) is 0 Å². The number of unbranched alkanes of at least 4 members (excludes halogenated alkanes) is 12. The van der Waals surface area contributed by atoms with E-state index in [4.69, 9.17) is 9.84 Å². The molecule has 3 N–H and O–H groups in total. The van der Waals surface area contributed by atoms with Crippen molar-refractivity contribution >= 4 is 23.6 Å². The molecule has 0 saturated carbocycles. The van der Waals surface area contributed by atoms with Crippen molar-refractivity contribution in [3.63, 3.8) is 0 Å². The maximum absolute atomic E-state index is 12.5. The third-order valence-electron chi connectivity index (χ3n) is 5.34. The van der Waals surface area contributed by atoms with Crippen LogP contribution in [-0.2, 0) is 14.3 Å². The standard InChI is InChI=1S/C26H51NO5S/c1-5-6-7-8-9-10-11-12-13-14-15-16-17-18-24(30)27-23(21-33-20-22(29)19-28)25(31)32-26(2,3)4/h22-23,28-29H,5-21H2,1-4H3,(H,27,30)/t22-,23+/m1/s1. The molecule has 0 saturated heterocycles. The number of carbonyl (C=O) groups excluding carboxylic acids is 2. The number of hydrogen-bond donors (Lipinski definition) is 3. The number of esters is 1. The van der Waals surface area contributed by atoms with Gasteiger partial charge in [0.05, 0.1) is 12.7 Å². The molecule has 2 atom stereocenters. The quantitative estimate of drug-likeness (QED) is 0.148. The second kappa shape index (κ2) is 20.6. The summed E-state index contributed by atoms with van der Waals surface area (Å²) < 4.78 is 5.43. The van der Waals surface area contributed by atoms with Gasteiger partial charge in [0, 0.05) is 17.9 Å². The number of thioether (sulfide) groups is 1. The molecule has 0 aromatic rings. The second-order valence-corrected chi connectivity index (χ2v) is 11.1. The number of hydrogen-bond acceptors (Lipinski definition) is 6. The van der Waals surface area contributed by atoms with Gasteiger partial charge in [0.2, 0.25) is 5.91 Å². The van der Waals surface area contributed by atoms with Crippen LogP contribution in [0.15, 0.2) is 0 Å². The molecule has 7 heteroatoms. The van der Waals surface area contributed by atoms with E-state index in [1.165, 1.54) is 76.0 Å². The van der Waals surface area contributed by atoms with Crippen molar-refractivity contribution in [3.8, 4) is 0 Å². The number of ether oxygens (including phenoxy) is 1. The van der Waals surface area contributed by atoms with Gasteiger partial charge in [-0.1, -0.05) is 84.0 Å². The van der Waals surface area contributed by atoms with Gasteiger partial charge in [0.15, 0.2) is 0 Å². The minimum absolute atomic E-state index is 0.141. The molecule has 0 aromatic carbocycles. The molecule has 0 rings (SSSR count). The van der Waals surface area contributed by atoms with E-state index in [-0.39, 0.29) is 12.5 Å². The van der Waals surface area contributed by atoms with E-state index in [1.807, 2.05) is 0 Å². The van der Waals surface area contributed by atoms with Crippen molar-refractivity contribution in [2.45, 2.75) is 135 Å². The Bertz CT molecular complexity index is 496. The molecule has 0 aromatic heterocycles. The summed E-state index contributed by atoms with van der Waals surface area (Å²) in [5.74, 6) is -0.00894. The number of rotatable bonds is 21. The third-order valence-corrected chi connectivity index (χ3v) is 6.53. The molecule has 0 radical (unpaired) electrons. The highest BCUT2D eigenvalue weighted by molar-refractivity contribution is 7.99. The van der Waals surface area contributed by atoms with Crippen LogP contribution in [0, 0.1) is 0 Å². The molecule has 0 heterocycles. The lowest BCUT2D eigenvalue weighted by molar-refractivity contribution is -0.157. The van der Waals surface area contributed by atoms with Gasteiger partial charge in [-0.25, -0.2) is 4.79 Å². The first-order valence-corrected chi connectivity index (χ1v) is 14.2. The predicted molar refractivity (Wildman–Crippen MR) is 139 cm³/mol. The van der Waals surface area contributed by atoms with Gasteiger partial charge in [-0.05, 0) is 27.2 Å². The highest BCUT2D eigenvalue weighted by Crippen LogP contribution is 2.14. The summed E-state index contributed by atoms with van der Waals surface area (Å²) in [7, 11) is 0. The summed E-state index contributed by atoms with van der Waals surface area (Å²) in [6, 6.07) is -0.755. The van der Waals surface area contributed by atoms with E-state index in [9.17, 15) is 14.7 Å². The molecule has 196 valence electrons. The molecule has 1 amide bonds. The molecule has 0 aliphatic rings. The molecule has 0 unspecified atom stereocenters. The summed E-state index contributed by atoms with van der Waals surface area (Å²) in [5.41, 5.74) is -0.635. The molecule has 0 aliphatic carbocycles. The summed E-state index contributed by atoms with van der Waals surface area (Å²) in [5, 5.41) is 21.2. The first-order chi connectivity index (χ1) is 15.7. The Hall–Kier alpha value is -0.790. The highest BCUT2D eigenvalue weighted by atomic mass is 32.2. The minimum Gasteiger partial charge on any atom is -0.458 e. The Labute approximate surface area is 207 Å². The van der Waals surface area contributed by atoms with Crippen molar-refractivity contribution in [1.29, 1.82) is 0 Å². The number of aliphatic hydroxyl groups is 2. The van der Waals surface area contributed by atoms with Crippen LogP contribution in [0.1, 0.15) is 118 Å². The lowest BCUT2D eigenvalue weighted by atomic mass is 10.0. The zero-order valence-corrected chi connectivity index (χ0v) is 22.5. The van der Waals surface area contributed by atoms with E-state index in [2.05, 4.69) is 12.2 Å². The molecular formula is C26H51NO5S. The van der Waals surface area contributed by atoms with Crippen molar-refractivity contribution in [2.75, 3.05) is 18.1 Å². The monoisotopic (exact) mass is 489 g/mol. The lowest BCUT2D eigenvalue weighted by Crippen LogP contribution is -2.46. The van der Waals surface area contributed by atoms with Crippen LogP contribution in [0.2, 0.25) is 0 Å². The fourth-order valence-electron chi connectivity index (χ4n) is 3.49. The predicted octanol–water partition coefficient (Wildman–Crippen LogP) is 5.38. The van der Waals surface area contributed by atoms with Crippen molar-refractivity contribution in [2.24, 2.45) is 0 Å². The Morgan fingerprint density at radius 2 is 1.33 bits per heavy atom. The Morgan fingerprint density at radius 1 is 0.848 bits per heavy atom.